The number of rotatable bonds is 6. The number of piperidine rings is 2. The van der Waals surface area contributed by atoms with Gasteiger partial charge >= 0.3 is 0 Å². The lowest BCUT2D eigenvalue weighted by Crippen LogP contribution is -2.47. The molecule has 8 heteroatoms. The highest BCUT2D eigenvalue weighted by molar-refractivity contribution is 5.71. The van der Waals surface area contributed by atoms with Crippen molar-refractivity contribution in [3.05, 3.63) is 60.0 Å². The molecule has 1 aromatic carbocycles. The fourth-order valence-electron chi connectivity index (χ4n) is 4.86. The topological polar surface area (TPSA) is 57.4 Å². The summed E-state index contributed by atoms with van der Waals surface area (Å²) in [4.78, 5) is 14.2. The number of furan rings is 1. The van der Waals surface area contributed by atoms with E-state index in [0.29, 0.717) is 29.1 Å². The Kier molecular flexibility index (Phi) is 6.53. The van der Waals surface area contributed by atoms with Gasteiger partial charge in [-0.05, 0) is 63.0 Å². The lowest BCUT2D eigenvalue weighted by atomic mass is 10.00. The van der Waals surface area contributed by atoms with Crippen LogP contribution in [0.3, 0.4) is 0 Å². The molecule has 0 atom stereocenters. The molecule has 0 radical (unpaired) electrons. The van der Waals surface area contributed by atoms with E-state index in [9.17, 15) is 8.78 Å². The van der Waals surface area contributed by atoms with Gasteiger partial charge < -0.3 is 19.5 Å². The van der Waals surface area contributed by atoms with Crippen molar-refractivity contribution in [2.45, 2.75) is 44.7 Å². The van der Waals surface area contributed by atoms with Crippen LogP contribution >= 0.6 is 0 Å². The number of nitrogens with one attached hydrogen (secondary N) is 1. The van der Waals surface area contributed by atoms with Crippen molar-refractivity contribution in [2.24, 2.45) is 0 Å². The van der Waals surface area contributed by atoms with E-state index in [0.717, 1.165) is 25.9 Å². The number of hydrogen-bond acceptors (Lipinski definition) is 6. The van der Waals surface area contributed by atoms with Crippen LogP contribution in [0.15, 0.2) is 47.2 Å². The summed E-state index contributed by atoms with van der Waals surface area (Å²) in [6.45, 7) is 4.17. The first-order valence-electron chi connectivity index (χ1n) is 11.8. The van der Waals surface area contributed by atoms with Crippen LogP contribution < -0.4 is 10.2 Å². The minimum atomic E-state index is -0.587. The van der Waals surface area contributed by atoms with Crippen LogP contribution in [0.1, 0.15) is 37.7 Å². The summed E-state index contributed by atoms with van der Waals surface area (Å²) in [6, 6.07) is 8.10. The van der Waals surface area contributed by atoms with E-state index in [2.05, 4.69) is 20.1 Å². The molecule has 3 aromatic rings. The maximum Gasteiger partial charge on any atom is 0.227 e. The van der Waals surface area contributed by atoms with Crippen molar-refractivity contribution in [1.82, 2.24) is 14.9 Å². The van der Waals surface area contributed by atoms with Crippen LogP contribution in [0, 0.1) is 11.6 Å². The van der Waals surface area contributed by atoms with E-state index in [1.165, 1.54) is 50.6 Å². The Bertz CT molecular complexity index is 1040. The highest BCUT2D eigenvalue weighted by Crippen LogP contribution is 2.30. The second-order valence-corrected chi connectivity index (χ2v) is 8.78. The van der Waals surface area contributed by atoms with E-state index in [1.807, 2.05) is 6.07 Å². The van der Waals surface area contributed by atoms with Crippen LogP contribution in [0.25, 0.3) is 11.3 Å². The first kappa shape index (κ1) is 21.8. The Morgan fingerprint density at radius 2 is 1.73 bits per heavy atom. The molecule has 2 saturated heterocycles. The molecular weight excluding hydrogens is 424 g/mol. The van der Waals surface area contributed by atoms with Crippen LogP contribution in [0.4, 0.5) is 20.5 Å². The lowest BCUT2D eigenvalue weighted by molar-refractivity contribution is 0.141. The molecule has 2 aliphatic rings. The smallest absolute Gasteiger partial charge is 0.227 e. The lowest BCUT2D eigenvalue weighted by Gasteiger charge is -2.40. The van der Waals surface area contributed by atoms with Gasteiger partial charge in [-0.2, -0.15) is 4.98 Å². The van der Waals surface area contributed by atoms with Crippen molar-refractivity contribution < 1.29 is 13.2 Å². The summed E-state index contributed by atoms with van der Waals surface area (Å²) >= 11 is 0. The number of anilines is 2. The molecule has 6 nitrogen and oxygen atoms in total. The van der Waals surface area contributed by atoms with Gasteiger partial charge in [-0.3, -0.25) is 0 Å². The second kappa shape index (κ2) is 9.87. The molecule has 2 fully saturated rings. The average Bonchev–Trinajstić information content (AvgIpc) is 3.39. The molecule has 5 rings (SSSR count). The molecule has 174 valence electrons. The largest absolute Gasteiger partial charge is 0.464 e. The van der Waals surface area contributed by atoms with Gasteiger partial charge in [-0.25, -0.2) is 13.8 Å². The van der Waals surface area contributed by atoms with Gasteiger partial charge in [0.15, 0.2) is 0 Å². The third-order valence-electron chi connectivity index (χ3n) is 6.71. The summed E-state index contributed by atoms with van der Waals surface area (Å²) in [5.41, 5.74) is 0.633. The molecule has 1 N–H and O–H groups in total. The Morgan fingerprint density at radius 1 is 0.970 bits per heavy atom. The maximum atomic E-state index is 14.1. The highest BCUT2D eigenvalue weighted by Gasteiger charge is 2.27. The van der Waals surface area contributed by atoms with E-state index in [1.54, 1.807) is 18.5 Å². The number of benzene rings is 1. The Labute approximate surface area is 192 Å². The SMILES string of the molecule is Fc1cccc(F)c1CNc1nc(N2CCC(N3CCCCC3)CC2)ncc1-c1ccco1. The zero-order valence-electron chi connectivity index (χ0n) is 18.6. The van der Waals surface area contributed by atoms with Crippen molar-refractivity contribution in [3.63, 3.8) is 0 Å². The van der Waals surface area contributed by atoms with E-state index in [-0.39, 0.29) is 12.1 Å². The number of likely N-dealkylation sites (tertiary alicyclic amines) is 1. The maximum absolute atomic E-state index is 14.1. The Hall–Kier alpha value is -3.00. The number of halogens is 2. The van der Waals surface area contributed by atoms with Gasteiger partial charge in [-0.1, -0.05) is 12.5 Å². The zero-order chi connectivity index (χ0) is 22.6. The van der Waals surface area contributed by atoms with Crippen molar-refractivity contribution in [1.29, 1.82) is 0 Å². The van der Waals surface area contributed by atoms with E-state index >= 15 is 0 Å². The molecule has 2 aromatic heterocycles. The third-order valence-corrected chi connectivity index (χ3v) is 6.71. The third kappa shape index (κ3) is 4.85. The normalized spacial score (nSPS) is 17.9. The predicted octanol–water partition coefficient (Wildman–Crippen LogP) is 5.08. The first-order chi connectivity index (χ1) is 16.2. The summed E-state index contributed by atoms with van der Waals surface area (Å²) in [5, 5.41) is 3.11. The summed E-state index contributed by atoms with van der Waals surface area (Å²) < 4.78 is 33.8. The van der Waals surface area contributed by atoms with E-state index in [4.69, 9.17) is 9.40 Å². The molecule has 0 saturated carbocycles. The van der Waals surface area contributed by atoms with Gasteiger partial charge in [0.1, 0.15) is 23.2 Å². The van der Waals surface area contributed by atoms with E-state index < -0.39 is 11.6 Å². The summed E-state index contributed by atoms with van der Waals surface area (Å²) in [6.07, 6.45) is 9.42. The number of hydrogen-bond donors (Lipinski definition) is 1. The van der Waals surface area contributed by atoms with Crippen molar-refractivity contribution >= 4 is 11.8 Å². The van der Waals surface area contributed by atoms with Crippen LogP contribution in [-0.2, 0) is 6.54 Å². The molecule has 0 spiro atoms. The standard InChI is InChI=1S/C25H29F2N5O/c26-21-6-4-7-22(27)19(21)16-28-24-20(23-8-5-15-33-23)17-29-25(30-24)32-13-9-18(10-14-32)31-11-2-1-3-12-31/h4-8,15,17-18H,1-3,9-14,16H2,(H,28,29,30). The summed E-state index contributed by atoms with van der Waals surface area (Å²) in [7, 11) is 0. The molecule has 33 heavy (non-hydrogen) atoms. The highest BCUT2D eigenvalue weighted by atomic mass is 19.1. The first-order valence-corrected chi connectivity index (χ1v) is 11.8. The van der Waals surface area contributed by atoms with Crippen molar-refractivity contribution in [2.75, 3.05) is 36.4 Å². The zero-order valence-corrected chi connectivity index (χ0v) is 18.6. The molecule has 0 aliphatic carbocycles. The van der Waals surface area contributed by atoms with Crippen molar-refractivity contribution in [3.8, 4) is 11.3 Å². The average molecular weight is 454 g/mol. The minimum Gasteiger partial charge on any atom is -0.464 e. The van der Waals surface area contributed by atoms with Crippen LogP contribution in [0.5, 0.6) is 0 Å². The second-order valence-electron chi connectivity index (χ2n) is 8.78. The molecule has 0 unspecified atom stereocenters. The summed E-state index contributed by atoms with van der Waals surface area (Å²) in [5.74, 6) is 0.545. The fourth-order valence-corrected chi connectivity index (χ4v) is 4.86. The van der Waals surface area contributed by atoms with Crippen LogP contribution in [-0.4, -0.2) is 47.1 Å². The number of aromatic nitrogens is 2. The molecule has 0 bridgehead atoms. The minimum absolute atomic E-state index is 0.0228. The molecule has 2 aliphatic heterocycles. The Balaban J connectivity index is 1.34. The molecule has 0 amide bonds. The van der Waals surface area contributed by atoms with Gasteiger partial charge in [0.05, 0.1) is 11.8 Å². The molecule has 4 heterocycles. The van der Waals surface area contributed by atoms with Gasteiger partial charge in [0.25, 0.3) is 0 Å². The van der Waals surface area contributed by atoms with Gasteiger partial charge in [0, 0.05) is 37.4 Å². The quantitative estimate of drug-likeness (QED) is 0.562. The molecular formula is C25H29F2N5O. The van der Waals surface area contributed by atoms with Crippen LogP contribution in [0.2, 0.25) is 0 Å². The monoisotopic (exact) mass is 453 g/mol. The van der Waals surface area contributed by atoms with Gasteiger partial charge in [-0.15, -0.1) is 0 Å². The predicted molar refractivity (Wildman–Crippen MR) is 124 cm³/mol. The Morgan fingerprint density at radius 3 is 2.42 bits per heavy atom. The fraction of sp³-hybridized carbons (Fsp3) is 0.440. The number of nitrogens with zero attached hydrogens (tertiary/aromatic N) is 4. The van der Waals surface area contributed by atoms with Gasteiger partial charge in [0.2, 0.25) is 5.95 Å².